The van der Waals surface area contributed by atoms with E-state index in [0.29, 0.717) is 5.92 Å². The number of aromatic amines is 1. The van der Waals surface area contributed by atoms with Crippen molar-refractivity contribution in [3.63, 3.8) is 0 Å². The molecule has 0 spiro atoms. The lowest BCUT2D eigenvalue weighted by Gasteiger charge is -2.24. The largest absolute Gasteiger partial charge is 0.345 e. The van der Waals surface area contributed by atoms with Crippen LogP contribution in [0.4, 0.5) is 0 Å². The van der Waals surface area contributed by atoms with Gasteiger partial charge in [0.15, 0.2) is 0 Å². The lowest BCUT2D eigenvalue weighted by atomic mass is 9.83. The Kier molecular flexibility index (Phi) is 4.10. The summed E-state index contributed by atoms with van der Waals surface area (Å²) in [7, 11) is 0. The van der Waals surface area contributed by atoms with E-state index < -0.39 is 0 Å². The molecule has 2 N–H and O–H groups in total. The third kappa shape index (κ3) is 3.84. The van der Waals surface area contributed by atoms with Crippen molar-refractivity contribution >= 4 is 0 Å². The second kappa shape index (κ2) is 5.43. The summed E-state index contributed by atoms with van der Waals surface area (Å²) < 4.78 is 0. The summed E-state index contributed by atoms with van der Waals surface area (Å²) in [6.45, 7) is 9.79. The molecule has 1 fully saturated rings. The van der Waals surface area contributed by atoms with Crippen LogP contribution in [0.15, 0.2) is 6.20 Å². The standard InChI is InChI=1S/C15H27N3/c1-11-5-7-12(8-6-11)14-16-9-13(18-14)10-17-15(2,3)4/h9,11-12,17H,5-8,10H2,1-4H3,(H,16,18). The molecule has 1 aromatic rings. The van der Waals surface area contributed by atoms with E-state index in [1.807, 2.05) is 6.20 Å². The second-order valence-electron chi connectivity index (χ2n) is 6.85. The summed E-state index contributed by atoms with van der Waals surface area (Å²) in [6, 6.07) is 0. The zero-order chi connectivity index (χ0) is 13.2. The molecule has 0 aliphatic heterocycles. The summed E-state index contributed by atoms with van der Waals surface area (Å²) >= 11 is 0. The molecule has 102 valence electrons. The molecule has 1 aliphatic carbocycles. The summed E-state index contributed by atoms with van der Waals surface area (Å²) in [5.74, 6) is 2.76. The Morgan fingerprint density at radius 3 is 2.56 bits per heavy atom. The van der Waals surface area contributed by atoms with Crippen LogP contribution >= 0.6 is 0 Å². The molecule has 18 heavy (non-hydrogen) atoms. The molecule has 0 atom stereocenters. The predicted octanol–water partition coefficient (Wildman–Crippen LogP) is 3.59. The van der Waals surface area contributed by atoms with Crippen LogP contribution in [0.5, 0.6) is 0 Å². The summed E-state index contributed by atoms with van der Waals surface area (Å²) in [4.78, 5) is 8.07. The van der Waals surface area contributed by atoms with E-state index in [0.717, 1.165) is 12.5 Å². The van der Waals surface area contributed by atoms with Gasteiger partial charge < -0.3 is 10.3 Å². The second-order valence-corrected chi connectivity index (χ2v) is 6.85. The first-order valence-electron chi connectivity index (χ1n) is 7.23. The highest BCUT2D eigenvalue weighted by molar-refractivity contribution is 5.06. The van der Waals surface area contributed by atoms with Gasteiger partial charge in [-0.1, -0.05) is 19.8 Å². The highest BCUT2D eigenvalue weighted by Crippen LogP contribution is 2.33. The van der Waals surface area contributed by atoms with Crippen LogP contribution in [0.2, 0.25) is 0 Å². The number of nitrogens with zero attached hydrogens (tertiary/aromatic N) is 1. The van der Waals surface area contributed by atoms with Gasteiger partial charge in [0, 0.05) is 29.9 Å². The molecule has 1 aromatic heterocycles. The van der Waals surface area contributed by atoms with Crippen LogP contribution in [-0.4, -0.2) is 15.5 Å². The lowest BCUT2D eigenvalue weighted by molar-refractivity contribution is 0.340. The molecule has 2 rings (SSSR count). The van der Waals surface area contributed by atoms with Crippen molar-refractivity contribution in [2.75, 3.05) is 0 Å². The first-order valence-corrected chi connectivity index (χ1v) is 7.23. The van der Waals surface area contributed by atoms with Gasteiger partial charge in [0.2, 0.25) is 0 Å². The van der Waals surface area contributed by atoms with Crippen LogP contribution in [0, 0.1) is 5.92 Å². The molecule has 0 unspecified atom stereocenters. The molecule has 3 heteroatoms. The van der Waals surface area contributed by atoms with Crippen LogP contribution in [0.1, 0.15) is 70.8 Å². The first kappa shape index (κ1) is 13.6. The van der Waals surface area contributed by atoms with Gasteiger partial charge in [0.1, 0.15) is 5.82 Å². The highest BCUT2D eigenvalue weighted by atomic mass is 15.0. The Bertz CT molecular complexity index is 367. The molecular weight excluding hydrogens is 222 g/mol. The number of nitrogens with one attached hydrogen (secondary N) is 2. The van der Waals surface area contributed by atoms with Gasteiger partial charge in [0.05, 0.1) is 0 Å². The first-order chi connectivity index (χ1) is 8.44. The van der Waals surface area contributed by atoms with Gasteiger partial charge in [0.25, 0.3) is 0 Å². The number of H-pyrrole nitrogens is 1. The smallest absolute Gasteiger partial charge is 0.109 e. The minimum Gasteiger partial charge on any atom is -0.345 e. The molecule has 1 heterocycles. The average Bonchev–Trinajstić information content (AvgIpc) is 2.75. The minimum absolute atomic E-state index is 0.158. The minimum atomic E-state index is 0.158. The van der Waals surface area contributed by atoms with E-state index in [1.54, 1.807) is 0 Å². The number of hydrogen-bond donors (Lipinski definition) is 2. The fraction of sp³-hybridized carbons (Fsp3) is 0.800. The van der Waals surface area contributed by atoms with E-state index in [-0.39, 0.29) is 5.54 Å². The van der Waals surface area contributed by atoms with Crippen molar-refractivity contribution in [2.24, 2.45) is 5.92 Å². The summed E-state index contributed by atoms with van der Waals surface area (Å²) in [6.07, 6.45) is 7.27. The molecule has 0 amide bonds. The van der Waals surface area contributed by atoms with Crippen LogP contribution in [0.25, 0.3) is 0 Å². The SMILES string of the molecule is CC1CCC(c2ncc(CNC(C)(C)C)[nH]2)CC1. The number of aromatic nitrogens is 2. The predicted molar refractivity (Wildman–Crippen MR) is 75.6 cm³/mol. The topological polar surface area (TPSA) is 40.7 Å². The fourth-order valence-electron chi connectivity index (χ4n) is 2.57. The van der Waals surface area contributed by atoms with Crippen molar-refractivity contribution in [2.45, 2.75) is 71.4 Å². The number of hydrogen-bond acceptors (Lipinski definition) is 2. The van der Waals surface area contributed by atoms with E-state index in [2.05, 4.69) is 43.0 Å². The monoisotopic (exact) mass is 249 g/mol. The third-order valence-corrected chi connectivity index (χ3v) is 3.86. The van der Waals surface area contributed by atoms with Gasteiger partial charge >= 0.3 is 0 Å². The zero-order valence-corrected chi connectivity index (χ0v) is 12.2. The van der Waals surface area contributed by atoms with E-state index in [9.17, 15) is 0 Å². The molecule has 0 aromatic carbocycles. The van der Waals surface area contributed by atoms with Crippen molar-refractivity contribution < 1.29 is 0 Å². The lowest BCUT2D eigenvalue weighted by Crippen LogP contribution is -2.35. The highest BCUT2D eigenvalue weighted by Gasteiger charge is 2.22. The van der Waals surface area contributed by atoms with Crippen molar-refractivity contribution in [3.05, 3.63) is 17.7 Å². The quantitative estimate of drug-likeness (QED) is 0.859. The van der Waals surface area contributed by atoms with Crippen molar-refractivity contribution in [3.8, 4) is 0 Å². The van der Waals surface area contributed by atoms with Gasteiger partial charge in [-0.3, -0.25) is 0 Å². The Hall–Kier alpha value is -0.830. The third-order valence-electron chi connectivity index (χ3n) is 3.86. The molecule has 3 nitrogen and oxygen atoms in total. The molecular formula is C15H27N3. The van der Waals surface area contributed by atoms with Gasteiger partial charge in [-0.2, -0.15) is 0 Å². The van der Waals surface area contributed by atoms with Gasteiger partial charge in [-0.05, 0) is 39.5 Å². The Balaban J connectivity index is 1.90. The van der Waals surface area contributed by atoms with Gasteiger partial charge in [-0.25, -0.2) is 4.98 Å². The fourth-order valence-corrected chi connectivity index (χ4v) is 2.57. The van der Waals surface area contributed by atoms with E-state index in [1.165, 1.54) is 37.2 Å². The summed E-state index contributed by atoms with van der Waals surface area (Å²) in [5, 5.41) is 3.49. The van der Waals surface area contributed by atoms with Crippen LogP contribution in [-0.2, 0) is 6.54 Å². The van der Waals surface area contributed by atoms with Crippen LogP contribution in [0.3, 0.4) is 0 Å². The maximum absolute atomic E-state index is 4.57. The van der Waals surface area contributed by atoms with Crippen molar-refractivity contribution in [1.29, 1.82) is 0 Å². The molecule has 0 radical (unpaired) electrons. The van der Waals surface area contributed by atoms with E-state index in [4.69, 9.17) is 0 Å². The number of imidazole rings is 1. The Morgan fingerprint density at radius 1 is 1.28 bits per heavy atom. The van der Waals surface area contributed by atoms with E-state index >= 15 is 0 Å². The van der Waals surface area contributed by atoms with Gasteiger partial charge in [-0.15, -0.1) is 0 Å². The molecule has 1 saturated carbocycles. The Labute approximate surface area is 111 Å². The molecule has 0 saturated heterocycles. The zero-order valence-electron chi connectivity index (χ0n) is 12.2. The summed E-state index contributed by atoms with van der Waals surface area (Å²) in [5.41, 5.74) is 1.37. The molecule has 1 aliphatic rings. The number of rotatable bonds is 3. The maximum Gasteiger partial charge on any atom is 0.109 e. The van der Waals surface area contributed by atoms with Crippen LogP contribution < -0.4 is 5.32 Å². The Morgan fingerprint density at radius 2 is 1.94 bits per heavy atom. The van der Waals surface area contributed by atoms with Crippen molar-refractivity contribution in [1.82, 2.24) is 15.3 Å². The maximum atomic E-state index is 4.57. The normalized spacial score (nSPS) is 25.3. The average molecular weight is 249 g/mol. The molecule has 0 bridgehead atoms.